The van der Waals surface area contributed by atoms with E-state index in [1.807, 2.05) is 44.2 Å². The van der Waals surface area contributed by atoms with Crippen LogP contribution in [0.15, 0.2) is 18.6 Å². The summed E-state index contributed by atoms with van der Waals surface area (Å²) in [5.41, 5.74) is 2.00. The summed E-state index contributed by atoms with van der Waals surface area (Å²) in [5, 5.41) is 7.16. The molecule has 0 aliphatic carbocycles. The fourth-order valence-corrected chi connectivity index (χ4v) is 1.40. The predicted octanol–water partition coefficient (Wildman–Crippen LogP) is 0.956. The van der Waals surface area contributed by atoms with Gasteiger partial charge in [0.05, 0.1) is 17.6 Å². The van der Waals surface area contributed by atoms with Crippen LogP contribution < -0.4 is 5.32 Å². The van der Waals surface area contributed by atoms with Crippen molar-refractivity contribution in [3.8, 4) is 5.69 Å². The van der Waals surface area contributed by atoms with Crippen LogP contribution in [0.3, 0.4) is 0 Å². The van der Waals surface area contributed by atoms with Crippen LogP contribution in [0.1, 0.15) is 5.69 Å². The molecule has 0 saturated heterocycles. The Morgan fingerprint density at radius 1 is 1.36 bits per heavy atom. The lowest BCUT2D eigenvalue weighted by Crippen LogP contribution is -1.99. The lowest BCUT2D eigenvalue weighted by atomic mass is 10.5. The molecule has 2 heterocycles. The zero-order valence-electron chi connectivity index (χ0n) is 8.52. The van der Waals surface area contributed by atoms with Gasteiger partial charge in [0, 0.05) is 26.5 Å². The highest BCUT2D eigenvalue weighted by molar-refractivity contribution is 5.40. The SMILES string of the molecule is CNc1nc(C)cn1-c1cnn(C)c1. The first kappa shape index (κ1) is 8.80. The number of aromatic nitrogens is 4. The summed E-state index contributed by atoms with van der Waals surface area (Å²) in [4.78, 5) is 4.33. The molecule has 0 saturated carbocycles. The maximum Gasteiger partial charge on any atom is 0.207 e. The summed E-state index contributed by atoms with van der Waals surface area (Å²) < 4.78 is 3.74. The van der Waals surface area contributed by atoms with E-state index >= 15 is 0 Å². The smallest absolute Gasteiger partial charge is 0.207 e. The Balaban J connectivity index is 2.49. The molecule has 74 valence electrons. The summed E-state index contributed by atoms with van der Waals surface area (Å²) in [6, 6.07) is 0. The lowest BCUT2D eigenvalue weighted by Gasteiger charge is -2.02. The molecular formula is C9H13N5. The van der Waals surface area contributed by atoms with E-state index < -0.39 is 0 Å². The van der Waals surface area contributed by atoms with Gasteiger partial charge >= 0.3 is 0 Å². The van der Waals surface area contributed by atoms with Crippen LogP contribution in [0.4, 0.5) is 5.95 Å². The van der Waals surface area contributed by atoms with Crippen LogP contribution in [0.25, 0.3) is 5.69 Å². The molecule has 5 nitrogen and oxygen atoms in total. The van der Waals surface area contributed by atoms with E-state index in [1.165, 1.54) is 0 Å². The number of nitrogens with zero attached hydrogens (tertiary/aromatic N) is 4. The third kappa shape index (κ3) is 1.37. The van der Waals surface area contributed by atoms with E-state index in [4.69, 9.17) is 0 Å². The monoisotopic (exact) mass is 191 g/mol. The second-order valence-corrected chi connectivity index (χ2v) is 3.20. The highest BCUT2D eigenvalue weighted by Gasteiger charge is 2.06. The van der Waals surface area contributed by atoms with Crippen LogP contribution in [0.5, 0.6) is 0 Å². The minimum Gasteiger partial charge on any atom is -0.358 e. The molecule has 0 fully saturated rings. The molecule has 0 aromatic carbocycles. The second kappa shape index (κ2) is 3.17. The number of anilines is 1. The van der Waals surface area contributed by atoms with Crippen molar-refractivity contribution >= 4 is 5.95 Å². The highest BCUT2D eigenvalue weighted by Crippen LogP contribution is 2.14. The van der Waals surface area contributed by atoms with Crippen LogP contribution in [0.2, 0.25) is 0 Å². The first-order chi connectivity index (χ1) is 6.70. The van der Waals surface area contributed by atoms with Gasteiger partial charge in [-0.15, -0.1) is 0 Å². The van der Waals surface area contributed by atoms with Crippen LogP contribution >= 0.6 is 0 Å². The van der Waals surface area contributed by atoms with Gasteiger partial charge in [-0.2, -0.15) is 5.10 Å². The van der Waals surface area contributed by atoms with Crippen LogP contribution in [-0.4, -0.2) is 26.4 Å². The number of imidazole rings is 1. The summed E-state index contributed by atoms with van der Waals surface area (Å²) in [5.74, 6) is 0.829. The quantitative estimate of drug-likeness (QED) is 0.769. The Morgan fingerprint density at radius 3 is 2.71 bits per heavy atom. The zero-order valence-corrected chi connectivity index (χ0v) is 8.52. The molecule has 0 aliphatic rings. The molecule has 2 aromatic rings. The van der Waals surface area contributed by atoms with E-state index in [-0.39, 0.29) is 0 Å². The first-order valence-corrected chi connectivity index (χ1v) is 4.43. The molecular weight excluding hydrogens is 178 g/mol. The topological polar surface area (TPSA) is 47.7 Å². The van der Waals surface area contributed by atoms with Gasteiger partial charge in [0.2, 0.25) is 5.95 Å². The van der Waals surface area contributed by atoms with Crippen molar-refractivity contribution < 1.29 is 0 Å². The summed E-state index contributed by atoms with van der Waals surface area (Å²) in [7, 11) is 3.75. The van der Waals surface area contributed by atoms with E-state index in [1.54, 1.807) is 4.68 Å². The molecule has 0 atom stereocenters. The predicted molar refractivity (Wildman–Crippen MR) is 54.6 cm³/mol. The normalized spacial score (nSPS) is 10.5. The van der Waals surface area contributed by atoms with Crippen molar-refractivity contribution in [3.63, 3.8) is 0 Å². The molecule has 14 heavy (non-hydrogen) atoms. The third-order valence-electron chi connectivity index (χ3n) is 2.02. The van der Waals surface area contributed by atoms with Crippen molar-refractivity contribution in [2.45, 2.75) is 6.92 Å². The molecule has 0 aliphatic heterocycles. The number of aryl methyl sites for hydroxylation is 2. The Bertz CT molecular complexity index is 440. The van der Waals surface area contributed by atoms with Gasteiger partial charge in [0.1, 0.15) is 0 Å². The van der Waals surface area contributed by atoms with Gasteiger partial charge < -0.3 is 5.32 Å². The number of hydrogen-bond acceptors (Lipinski definition) is 3. The minimum atomic E-state index is 0.829. The van der Waals surface area contributed by atoms with Gasteiger partial charge in [0.15, 0.2) is 0 Å². The maximum atomic E-state index is 4.33. The van der Waals surface area contributed by atoms with Gasteiger partial charge in [-0.05, 0) is 6.92 Å². The number of hydrogen-bond donors (Lipinski definition) is 1. The standard InChI is InChI=1S/C9H13N5/c1-7-5-14(9(10-2)12-7)8-4-11-13(3)6-8/h4-6H,1-3H3,(H,10,12). The Hall–Kier alpha value is -1.78. The number of nitrogens with one attached hydrogen (secondary N) is 1. The fraction of sp³-hybridized carbons (Fsp3) is 0.333. The van der Waals surface area contributed by atoms with E-state index in [2.05, 4.69) is 15.4 Å². The molecule has 0 unspecified atom stereocenters. The van der Waals surface area contributed by atoms with Gasteiger partial charge in [-0.1, -0.05) is 0 Å². The Kier molecular flexibility index (Phi) is 1.99. The average Bonchev–Trinajstić information content (AvgIpc) is 2.71. The van der Waals surface area contributed by atoms with E-state index in [9.17, 15) is 0 Å². The zero-order chi connectivity index (χ0) is 10.1. The number of rotatable bonds is 2. The van der Waals surface area contributed by atoms with Crippen molar-refractivity contribution in [2.75, 3.05) is 12.4 Å². The third-order valence-corrected chi connectivity index (χ3v) is 2.02. The molecule has 0 bridgehead atoms. The van der Waals surface area contributed by atoms with Gasteiger partial charge in [-0.25, -0.2) is 4.98 Å². The summed E-state index contributed by atoms with van der Waals surface area (Å²) in [6.07, 6.45) is 5.73. The molecule has 1 N–H and O–H groups in total. The first-order valence-electron chi connectivity index (χ1n) is 4.43. The molecule has 0 spiro atoms. The Morgan fingerprint density at radius 2 is 2.14 bits per heavy atom. The van der Waals surface area contributed by atoms with Crippen molar-refractivity contribution in [1.29, 1.82) is 0 Å². The van der Waals surface area contributed by atoms with Gasteiger partial charge in [0.25, 0.3) is 0 Å². The van der Waals surface area contributed by atoms with Crippen molar-refractivity contribution in [2.24, 2.45) is 7.05 Å². The molecule has 5 heteroatoms. The molecule has 2 aromatic heterocycles. The van der Waals surface area contributed by atoms with E-state index in [0.717, 1.165) is 17.3 Å². The maximum absolute atomic E-state index is 4.33. The largest absolute Gasteiger partial charge is 0.358 e. The minimum absolute atomic E-state index is 0.829. The summed E-state index contributed by atoms with van der Waals surface area (Å²) >= 11 is 0. The van der Waals surface area contributed by atoms with Crippen LogP contribution in [0, 0.1) is 6.92 Å². The van der Waals surface area contributed by atoms with Crippen molar-refractivity contribution in [3.05, 3.63) is 24.3 Å². The molecule has 0 amide bonds. The van der Waals surface area contributed by atoms with E-state index in [0.29, 0.717) is 0 Å². The van der Waals surface area contributed by atoms with Gasteiger partial charge in [-0.3, -0.25) is 9.25 Å². The average molecular weight is 191 g/mol. The fourth-order valence-electron chi connectivity index (χ4n) is 1.40. The molecule has 2 rings (SSSR count). The highest BCUT2D eigenvalue weighted by atomic mass is 15.3. The lowest BCUT2D eigenvalue weighted by molar-refractivity contribution is 0.767. The van der Waals surface area contributed by atoms with Crippen LogP contribution in [-0.2, 0) is 7.05 Å². The summed E-state index contributed by atoms with van der Waals surface area (Å²) in [6.45, 7) is 1.97. The Labute approximate surface area is 82.4 Å². The molecule has 0 radical (unpaired) electrons. The second-order valence-electron chi connectivity index (χ2n) is 3.20. The van der Waals surface area contributed by atoms with Crippen molar-refractivity contribution in [1.82, 2.24) is 19.3 Å².